The van der Waals surface area contributed by atoms with Crippen molar-refractivity contribution in [3.05, 3.63) is 35.9 Å². The first-order valence-corrected chi connectivity index (χ1v) is 7.55. The van der Waals surface area contributed by atoms with E-state index in [1.807, 2.05) is 44.2 Å². The van der Waals surface area contributed by atoms with Gasteiger partial charge in [-0.25, -0.2) is 4.79 Å². The third-order valence-corrected chi connectivity index (χ3v) is 4.28. The maximum absolute atomic E-state index is 12.7. The van der Waals surface area contributed by atoms with E-state index < -0.39 is 17.4 Å². The predicted octanol–water partition coefficient (Wildman–Crippen LogP) is 2.72. The van der Waals surface area contributed by atoms with E-state index in [1.54, 1.807) is 0 Å². The van der Waals surface area contributed by atoms with Crippen LogP contribution < -0.4 is 5.32 Å². The number of hydrogen-bond donors (Lipinski definition) is 2. The Balaban J connectivity index is 2.15. The highest BCUT2D eigenvalue weighted by molar-refractivity contribution is 5.92. The fourth-order valence-electron chi connectivity index (χ4n) is 2.92. The molecule has 0 bridgehead atoms. The predicted molar refractivity (Wildman–Crippen MR) is 81.0 cm³/mol. The molecule has 4 heteroatoms. The van der Waals surface area contributed by atoms with E-state index in [9.17, 15) is 14.7 Å². The Labute approximate surface area is 125 Å². The van der Waals surface area contributed by atoms with Crippen molar-refractivity contribution in [1.82, 2.24) is 5.32 Å². The zero-order valence-electron chi connectivity index (χ0n) is 12.6. The number of carbonyl (C=O) groups is 2. The molecule has 2 rings (SSSR count). The highest BCUT2D eigenvalue weighted by Crippen LogP contribution is 2.44. The lowest BCUT2D eigenvalue weighted by atomic mass is 9.63. The van der Waals surface area contributed by atoms with Gasteiger partial charge in [0.05, 0.1) is 5.41 Å². The number of carboxylic acids is 1. The molecular formula is C17H23NO3. The summed E-state index contributed by atoms with van der Waals surface area (Å²) in [7, 11) is 0. The summed E-state index contributed by atoms with van der Waals surface area (Å²) in [6, 6.07) is 8.87. The van der Waals surface area contributed by atoms with Crippen LogP contribution in [0.15, 0.2) is 30.3 Å². The van der Waals surface area contributed by atoms with Crippen molar-refractivity contribution in [2.75, 3.05) is 0 Å². The van der Waals surface area contributed by atoms with Gasteiger partial charge in [-0.15, -0.1) is 0 Å². The molecule has 0 spiro atoms. The maximum Gasteiger partial charge on any atom is 0.326 e. The van der Waals surface area contributed by atoms with Gasteiger partial charge in [0.1, 0.15) is 6.04 Å². The minimum absolute atomic E-state index is 0.145. The average Bonchev–Trinajstić information content (AvgIpc) is 2.37. The molecule has 21 heavy (non-hydrogen) atoms. The first-order valence-electron chi connectivity index (χ1n) is 7.55. The summed E-state index contributed by atoms with van der Waals surface area (Å²) < 4.78 is 0. The van der Waals surface area contributed by atoms with Gasteiger partial charge in [0, 0.05) is 0 Å². The molecule has 0 unspecified atom stereocenters. The lowest BCUT2D eigenvalue weighted by Crippen LogP contribution is -2.54. The number of hydrogen-bond acceptors (Lipinski definition) is 2. The third-order valence-electron chi connectivity index (χ3n) is 4.28. The number of rotatable bonds is 6. The molecular weight excluding hydrogens is 266 g/mol. The largest absolute Gasteiger partial charge is 0.480 e. The Morgan fingerprint density at radius 2 is 1.86 bits per heavy atom. The number of carbonyl (C=O) groups excluding carboxylic acids is 1. The molecule has 2 N–H and O–H groups in total. The first-order chi connectivity index (χ1) is 9.95. The summed E-state index contributed by atoms with van der Waals surface area (Å²) in [5.74, 6) is -0.881. The van der Waals surface area contributed by atoms with Crippen LogP contribution in [0.4, 0.5) is 0 Å². The van der Waals surface area contributed by atoms with Crippen molar-refractivity contribution < 1.29 is 14.7 Å². The van der Waals surface area contributed by atoms with Crippen LogP contribution in [0, 0.1) is 5.92 Å². The van der Waals surface area contributed by atoms with E-state index in [0.717, 1.165) is 24.8 Å². The third kappa shape index (κ3) is 3.26. The minimum Gasteiger partial charge on any atom is -0.480 e. The van der Waals surface area contributed by atoms with E-state index in [4.69, 9.17) is 0 Å². The van der Waals surface area contributed by atoms with Gasteiger partial charge in [0.25, 0.3) is 0 Å². The Bertz CT molecular complexity index is 506. The van der Waals surface area contributed by atoms with Gasteiger partial charge >= 0.3 is 5.97 Å². The van der Waals surface area contributed by atoms with Crippen LogP contribution in [0.5, 0.6) is 0 Å². The van der Waals surface area contributed by atoms with E-state index in [2.05, 4.69) is 5.32 Å². The lowest BCUT2D eigenvalue weighted by Gasteiger charge is -2.41. The first kappa shape index (κ1) is 15.5. The quantitative estimate of drug-likeness (QED) is 0.846. The van der Waals surface area contributed by atoms with E-state index in [0.29, 0.717) is 6.42 Å². The highest BCUT2D eigenvalue weighted by atomic mass is 16.4. The summed E-state index contributed by atoms with van der Waals surface area (Å²) in [5.41, 5.74) is 0.453. The van der Waals surface area contributed by atoms with Crippen LogP contribution in [-0.2, 0) is 15.0 Å². The van der Waals surface area contributed by atoms with Crippen molar-refractivity contribution in [1.29, 1.82) is 0 Å². The zero-order valence-corrected chi connectivity index (χ0v) is 12.6. The molecule has 1 aromatic rings. The van der Waals surface area contributed by atoms with Gasteiger partial charge in [0.15, 0.2) is 0 Å². The molecule has 0 saturated heterocycles. The number of carboxylic acid groups (broad SMARTS) is 1. The van der Waals surface area contributed by atoms with Gasteiger partial charge < -0.3 is 10.4 Å². The highest BCUT2D eigenvalue weighted by Gasteiger charge is 2.46. The van der Waals surface area contributed by atoms with E-state index in [1.165, 1.54) is 0 Å². The number of nitrogens with one attached hydrogen (secondary N) is 1. The van der Waals surface area contributed by atoms with Crippen LogP contribution in [0.2, 0.25) is 0 Å². The van der Waals surface area contributed by atoms with Crippen molar-refractivity contribution in [3.63, 3.8) is 0 Å². The van der Waals surface area contributed by atoms with Crippen molar-refractivity contribution >= 4 is 11.9 Å². The Morgan fingerprint density at radius 1 is 1.24 bits per heavy atom. The molecule has 0 aromatic heterocycles. The zero-order chi connectivity index (χ0) is 15.5. The Kier molecular flexibility index (Phi) is 4.66. The van der Waals surface area contributed by atoms with Gasteiger partial charge in [-0.2, -0.15) is 0 Å². The summed E-state index contributed by atoms with van der Waals surface area (Å²) in [5, 5.41) is 12.0. The molecule has 0 aliphatic heterocycles. The van der Waals surface area contributed by atoms with Crippen LogP contribution in [0.25, 0.3) is 0 Å². The van der Waals surface area contributed by atoms with Gasteiger partial charge in [0.2, 0.25) is 5.91 Å². The molecule has 1 aliphatic rings. The second-order valence-electron chi connectivity index (χ2n) is 6.30. The number of amides is 1. The minimum atomic E-state index is -0.959. The summed E-state index contributed by atoms with van der Waals surface area (Å²) >= 11 is 0. The second-order valence-corrected chi connectivity index (χ2v) is 6.30. The Hall–Kier alpha value is -1.84. The van der Waals surface area contributed by atoms with Crippen molar-refractivity contribution in [3.8, 4) is 0 Å². The molecule has 1 amide bonds. The average molecular weight is 289 g/mol. The van der Waals surface area contributed by atoms with E-state index >= 15 is 0 Å². The lowest BCUT2D eigenvalue weighted by molar-refractivity contribution is -0.144. The topological polar surface area (TPSA) is 66.4 Å². The van der Waals surface area contributed by atoms with Gasteiger partial charge in [-0.1, -0.05) is 50.6 Å². The van der Waals surface area contributed by atoms with Crippen LogP contribution in [0.3, 0.4) is 0 Å². The SMILES string of the molecule is CC(C)C[C@H](NC(=O)C1(c2ccccc2)CCC1)C(=O)O. The molecule has 0 heterocycles. The van der Waals surface area contributed by atoms with Crippen LogP contribution in [-0.4, -0.2) is 23.0 Å². The summed E-state index contributed by atoms with van der Waals surface area (Å²) in [4.78, 5) is 24.0. The van der Waals surface area contributed by atoms with E-state index in [-0.39, 0.29) is 11.8 Å². The molecule has 1 aromatic carbocycles. The van der Waals surface area contributed by atoms with Gasteiger partial charge in [-0.3, -0.25) is 4.79 Å². The van der Waals surface area contributed by atoms with Crippen molar-refractivity contribution in [2.24, 2.45) is 5.92 Å². The number of benzene rings is 1. The molecule has 0 radical (unpaired) electrons. The monoisotopic (exact) mass is 289 g/mol. The smallest absolute Gasteiger partial charge is 0.326 e. The standard InChI is InChI=1S/C17H23NO3/c1-12(2)11-14(15(19)20)18-16(21)17(9-6-10-17)13-7-4-3-5-8-13/h3-5,7-8,12,14H,6,9-11H2,1-2H3,(H,18,21)(H,19,20)/t14-/m0/s1. The fraction of sp³-hybridized carbons (Fsp3) is 0.529. The molecule has 1 atom stereocenters. The molecule has 1 aliphatic carbocycles. The number of aliphatic carboxylic acids is 1. The van der Waals surface area contributed by atoms with Crippen molar-refractivity contribution in [2.45, 2.75) is 51.0 Å². The maximum atomic E-state index is 12.7. The molecule has 4 nitrogen and oxygen atoms in total. The van der Waals surface area contributed by atoms with Gasteiger partial charge in [-0.05, 0) is 30.7 Å². The fourth-order valence-corrected chi connectivity index (χ4v) is 2.92. The Morgan fingerprint density at radius 3 is 2.29 bits per heavy atom. The summed E-state index contributed by atoms with van der Waals surface area (Å²) in [6.07, 6.45) is 3.03. The summed E-state index contributed by atoms with van der Waals surface area (Å²) in [6.45, 7) is 3.91. The van der Waals surface area contributed by atoms with Crippen LogP contribution in [0.1, 0.15) is 45.1 Å². The molecule has 114 valence electrons. The normalized spacial score (nSPS) is 17.9. The molecule has 1 saturated carbocycles. The second kappa shape index (κ2) is 6.29. The van der Waals surface area contributed by atoms with Crippen LogP contribution >= 0.6 is 0 Å². The molecule has 1 fully saturated rings.